The fourth-order valence-corrected chi connectivity index (χ4v) is 6.71. The number of anilines is 1. The first kappa shape index (κ1) is 42.6. The number of likely N-dealkylation sites (N-methyl/N-ethyl adjacent to an activating group) is 2. The lowest BCUT2D eigenvalue weighted by atomic mass is 10.0. The number of alkyl halides is 3. The Morgan fingerprint density at radius 3 is 2.04 bits per heavy atom. The molecule has 0 radical (unpaired) electrons. The smallest absolute Gasteiger partial charge is 0.368 e. The fourth-order valence-electron chi connectivity index (χ4n) is 6.71. The van der Waals surface area contributed by atoms with Crippen molar-refractivity contribution in [3.8, 4) is 0 Å². The SMILES string of the molecule is CC(=O)N1CCN(c2ccc(CN(C(=O)C=Cc3ccc(C(F)(F)F)cc3)C(Cc3ccccc3)C(=O)N(C)CCN(C)Cc3ccc(C)c(F)c3F)cc2)CC1. The average molecular weight is 790 g/mol. The van der Waals surface area contributed by atoms with Gasteiger partial charge < -0.3 is 24.5 Å². The Bertz CT molecular complexity index is 2020. The second-order valence-electron chi connectivity index (χ2n) is 14.5. The molecule has 1 heterocycles. The van der Waals surface area contributed by atoms with Gasteiger partial charge in [0, 0.05) is 90.1 Å². The highest BCUT2D eigenvalue weighted by molar-refractivity contribution is 5.95. The lowest BCUT2D eigenvalue weighted by Crippen LogP contribution is -2.51. The van der Waals surface area contributed by atoms with E-state index >= 15 is 0 Å². The molecule has 0 bridgehead atoms. The van der Waals surface area contributed by atoms with Crippen LogP contribution < -0.4 is 4.90 Å². The zero-order chi connectivity index (χ0) is 41.3. The second kappa shape index (κ2) is 19.1. The molecule has 1 saturated heterocycles. The Morgan fingerprint density at radius 1 is 0.772 bits per heavy atom. The van der Waals surface area contributed by atoms with Gasteiger partial charge in [0.15, 0.2) is 11.6 Å². The van der Waals surface area contributed by atoms with Crippen LogP contribution in [0.15, 0.2) is 97.1 Å². The van der Waals surface area contributed by atoms with E-state index in [1.165, 1.54) is 53.1 Å². The summed E-state index contributed by atoms with van der Waals surface area (Å²) < 4.78 is 68.5. The number of hydrogen-bond acceptors (Lipinski definition) is 5. The predicted octanol–water partition coefficient (Wildman–Crippen LogP) is 7.20. The largest absolute Gasteiger partial charge is 0.416 e. The van der Waals surface area contributed by atoms with Gasteiger partial charge in [-0.3, -0.25) is 14.4 Å². The number of carbonyl (C=O) groups is 3. The summed E-state index contributed by atoms with van der Waals surface area (Å²) in [5, 5.41) is 0. The third-order valence-electron chi connectivity index (χ3n) is 10.2. The molecule has 3 amide bonds. The van der Waals surface area contributed by atoms with Crippen LogP contribution in [-0.2, 0) is 40.1 Å². The molecule has 1 unspecified atom stereocenters. The van der Waals surface area contributed by atoms with Crippen LogP contribution in [0.1, 0.15) is 40.3 Å². The van der Waals surface area contributed by atoms with Gasteiger partial charge in [-0.2, -0.15) is 13.2 Å². The van der Waals surface area contributed by atoms with Crippen molar-refractivity contribution in [2.24, 2.45) is 0 Å². The van der Waals surface area contributed by atoms with Crippen LogP contribution in [0.3, 0.4) is 0 Å². The second-order valence-corrected chi connectivity index (χ2v) is 14.5. The molecule has 1 atom stereocenters. The number of amides is 3. The molecule has 5 rings (SSSR count). The van der Waals surface area contributed by atoms with Gasteiger partial charge >= 0.3 is 6.18 Å². The van der Waals surface area contributed by atoms with E-state index in [2.05, 4.69) is 4.90 Å². The van der Waals surface area contributed by atoms with E-state index in [-0.39, 0.29) is 49.0 Å². The van der Waals surface area contributed by atoms with Gasteiger partial charge in [0.25, 0.3) is 0 Å². The predicted molar refractivity (Wildman–Crippen MR) is 211 cm³/mol. The number of aryl methyl sites for hydroxylation is 1. The van der Waals surface area contributed by atoms with E-state index in [0.29, 0.717) is 38.3 Å². The Hall–Kier alpha value is -5.56. The molecule has 0 N–H and O–H groups in total. The summed E-state index contributed by atoms with van der Waals surface area (Å²) in [6.45, 7) is 6.30. The molecule has 0 saturated carbocycles. The topological polar surface area (TPSA) is 67.4 Å². The highest BCUT2D eigenvalue weighted by atomic mass is 19.4. The van der Waals surface area contributed by atoms with Gasteiger partial charge in [-0.25, -0.2) is 8.78 Å². The van der Waals surface area contributed by atoms with E-state index in [1.54, 1.807) is 30.8 Å². The molecule has 1 fully saturated rings. The average Bonchev–Trinajstić information content (AvgIpc) is 3.20. The number of piperazine rings is 1. The molecule has 8 nitrogen and oxygen atoms in total. The van der Waals surface area contributed by atoms with E-state index in [9.17, 15) is 36.3 Å². The first-order valence-electron chi connectivity index (χ1n) is 18.8. The van der Waals surface area contributed by atoms with Crippen LogP contribution >= 0.6 is 0 Å². The maximum Gasteiger partial charge on any atom is 0.416 e. The van der Waals surface area contributed by atoms with Gasteiger partial charge in [0.05, 0.1) is 5.56 Å². The number of benzene rings is 4. The van der Waals surface area contributed by atoms with Crippen molar-refractivity contribution in [2.75, 3.05) is 58.3 Å². The minimum absolute atomic E-state index is 0.0359. The Morgan fingerprint density at radius 2 is 1.42 bits per heavy atom. The minimum atomic E-state index is -4.51. The van der Waals surface area contributed by atoms with Gasteiger partial charge in [-0.05, 0) is 66.6 Å². The molecule has 1 aliphatic rings. The number of nitrogens with zero attached hydrogens (tertiary/aromatic N) is 5. The standard InChI is InChI=1S/C44H48F5N5O3/c1-31-10-16-36(42(46)41(31)45)30-50(3)22-23-51(4)43(57)39(28-34-8-6-5-7-9-34)54(40(56)21-15-33-11-17-37(18-12-33)44(47,48)49)29-35-13-19-38(20-14-35)53-26-24-52(25-27-53)32(2)55/h5-21,39H,22-30H2,1-4H3. The first-order chi connectivity index (χ1) is 27.1. The van der Waals surface area contributed by atoms with Crippen molar-refractivity contribution in [1.29, 1.82) is 0 Å². The summed E-state index contributed by atoms with van der Waals surface area (Å²) in [6, 6.07) is 23.4. The number of hydrogen-bond donors (Lipinski definition) is 0. The van der Waals surface area contributed by atoms with E-state index in [0.717, 1.165) is 28.9 Å². The summed E-state index contributed by atoms with van der Waals surface area (Å²) in [7, 11) is 3.37. The summed E-state index contributed by atoms with van der Waals surface area (Å²) >= 11 is 0. The van der Waals surface area contributed by atoms with Crippen LogP contribution in [-0.4, -0.2) is 96.7 Å². The molecule has 4 aromatic carbocycles. The van der Waals surface area contributed by atoms with Crippen molar-refractivity contribution in [1.82, 2.24) is 19.6 Å². The number of carbonyl (C=O) groups excluding carboxylic acids is 3. The molecular formula is C44H48F5N5O3. The molecule has 0 aliphatic carbocycles. The fraction of sp³-hybridized carbons (Fsp3) is 0.341. The van der Waals surface area contributed by atoms with E-state index in [1.807, 2.05) is 54.6 Å². The molecule has 0 aromatic heterocycles. The van der Waals surface area contributed by atoms with Gasteiger partial charge in [-0.15, -0.1) is 0 Å². The lowest BCUT2D eigenvalue weighted by Gasteiger charge is -2.36. The molecular weight excluding hydrogens is 742 g/mol. The van der Waals surface area contributed by atoms with Crippen LogP contribution in [0.4, 0.5) is 27.6 Å². The summed E-state index contributed by atoms with van der Waals surface area (Å²) in [5.41, 5.74) is 2.48. The molecule has 302 valence electrons. The normalized spacial score (nSPS) is 13.9. The zero-order valence-electron chi connectivity index (χ0n) is 32.6. The quantitative estimate of drug-likeness (QED) is 0.1000. The van der Waals surface area contributed by atoms with Crippen molar-refractivity contribution in [3.05, 3.63) is 142 Å². The summed E-state index contributed by atoms with van der Waals surface area (Å²) in [6.07, 6.45) is -1.64. The van der Waals surface area contributed by atoms with E-state index in [4.69, 9.17) is 0 Å². The monoisotopic (exact) mass is 789 g/mol. The van der Waals surface area contributed by atoms with Crippen LogP contribution in [0.25, 0.3) is 6.08 Å². The molecule has 4 aromatic rings. The van der Waals surface area contributed by atoms with Crippen LogP contribution in [0.2, 0.25) is 0 Å². The van der Waals surface area contributed by atoms with Gasteiger partial charge in [0.2, 0.25) is 17.7 Å². The van der Waals surface area contributed by atoms with Crippen molar-refractivity contribution in [3.63, 3.8) is 0 Å². The van der Waals surface area contributed by atoms with Crippen molar-refractivity contribution >= 4 is 29.5 Å². The minimum Gasteiger partial charge on any atom is -0.368 e. The Kier molecular flexibility index (Phi) is 14.2. The molecule has 57 heavy (non-hydrogen) atoms. The maximum absolute atomic E-state index is 14.6. The Balaban J connectivity index is 1.40. The Labute approximate surface area is 330 Å². The summed E-state index contributed by atoms with van der Waals surface area (Å²) in [5.74, 6) is -2.63. The van der Waals surface area contributed by atoms with Crippen molar-refractivity contribution < 1.29 is 36.3 Å². The summed E-state index contributed by atoms with van der Waals surface area (Å²) in [4.78, 5) is 49.3. The highest BCUT2D eigenvalue weighted by Gasteiger charge is 2.32. The molecule has 1 aliphatic heterocycles. The third kappa shape index (κ3) is 11.5. The first-order valence-corrected chi connectivity index (χ1v) is 18.8. The van der Waals surface area contributed by atoms with Crippen LogP contribution in [0.5, 0.6) is 0 Å². The lowest BCUT2D eigenvalue weighted by molar-refractivity contribution is -0.143. The molecule has 0 spiro atoms. The van der Waals surface area contributed by atoms with E-state index < -0.39 is 35.3 Å². The molecule has 13 heteroatoms. The number of halogens is 5. The third-order valence-corrected chi connectivity index (χ3v) is 10.2. The van der Waals surface area contributed by atoms with Gasteiger partial charge in [-0.1, -0.05) is 66.7 Å². The number of rotatable bonds is 14. The van der Waals surface area contributed by atoms with Crippen LogP contribution in [0, 0.1) is 18.6 Å². The maximum atomic E-state index is 14.6. The van der Waals surface area contributed by atoms with Gasteiger partial charge in [0.1, 0.15) is 6.04 Å². The highest BCUT2D eigenvalue weighted by Crippen LogP contribution is 2.29. The van der Waals surface area contributed by atoms with Crippen molar-refractivity contribution in [2.45, 2.75) is 45.6 Å². The zero-order valence-corrected chi connectivity index (χ0v) is 32.6.